The van der Waals surface area contributed by atoms with Gasteiger partial charge >= 0.3 is 11.9 Å². The molecule has 0 bridgehead atoms. The summed E-state index contributed by atoms with van der Waals surface area (Å²) in [6.07, 6.45) is -4.36. The van der Waals surface area contributed by atoms with Crippen molar-refractivity contribution in [3.05, 3.63) is 81.9 Å². The molecule has 0 fully saturated rings. The average molecular weight is 416 g/mol. The number of H-pyrrole nitrogens is 1. The average Bonchev–Trinajstić information content (AvgIpc) is 3.03. The number of hydrogen-bond donors (Lipinski definition) is 1. The molecule has 4 aromatic rings. The lowest BCUT2D eigenvalue weighted by Crippen LogP contribution is -2.19. The summed E-state index contributed by atoms with van der Waals surface area (Å²) in [6, 6.07) is 14.5. The van der Waals surface area contributed by atoms with Gasteiger partial charge in [0.25, 0.3) is 0 Å². The highest BCUT2D eigenvalue weighted by Crippen LogP contribution is 2.30. The van der Waals surface area contributed by atoms with Crippen LogP contribution in [0.4, 0.5) is 13.2 Å². The lowest BCUT2D eigenvalue weighted by atomic mass is 10.1. The number of fused-ring (bicyclic) bond motifs is 1. The molecule has 1 N–H and O–H groups in total. The molecule has 0 atom stereocenters. The number of aryl methyl sites for hydroxylation is 1. The molecule has 2 aromatic carbocycles. The molecule has 9 heteroatoms. The monoisotopic (exact) mass is 416 g/mol. The first kappa shape index (κ1) is 19.3. The topological polar surface area (TPSA) is 63.1 Å². The zero-order valence-corrected chi connectivity index (χ0v) is 16.0. The van der Waals surface area contributed by atoms with Crippen molar-refractivity contribution in [3.63, 3.8) is 0 Å². The van der Waals surface area contributed by atoms with Crippen molar-refractivity contribution in [2.24, 2.45) is 0 Å². The Bertz CT molecular complexity index is 1210. The molecule has 2 heterocycles. The molecule has 0 aliphatic heterocycles. The molecule has 0 amide bonds. The maximum atomic E-state index is 12.7. The molecule has 0 aliphatic rings. The predicted molar refractivity (Wildman–Crippen MR) is 105 cm³/mol. The van der Waals surface area contributed by atoms with Gasteiger partial charge in [0.15, 0.2) is 10.8 Å². The summed E-state index contributed by atoms with van der Waals surface area (Å²) in [5.74, 6) is 0.366. The minimum atomic E-state index is -4.36. The molecule has 0 saturated carbocycles. The maximum absolute atomic E-state index is 12.7. The lowest BCUT2D eigenvalue weighted by Gasteiger charge is -2.07. The Labute approximate surface area is 167 Å². The number of nitrogens with zero attached hydrogens (tertiary/aromatic N) is 3. The summed E-state index contributed by atoms with van der Waals surface area (Å²) in [6.45, 7) is 1.81. The van der Waals surface area contributed by atoms with Gasteiger partial charge in [-0.25, -0.2) is 9.78 Å². The summed E-state index contributed by atoms with van der Waals surface area (Å²) in [7, 11) is 0. The van der Waals surface area contributed by atoms with Crippen molar-refractivity contribution in [2.45, 2.75) is 24.0 Å². The standard InChI is InChI=1S/C20H15F3N4OS/c1-12-16(14-5-3-2-4-6-14)17-24-18(25-19(28)27(17)26-12)29-11-13-7-9-15(10-8-13)20(21,22)23/h2-10H,11H2,1H3,(H,24,25,28). The number of nitrogens with one attached hydrogen (secondary N) is 1. The number of thioether (sulfide) groups is 1. The largest absolute Gasteiger partial charge is 0.416 e. The second-order valence-corrected chi connectivity index (χ2v) is 7.36. The van der Waals surface area contributed by atoms with E-state index in [2.05, 4.69) is 15.1 Å². The van der Waals surface area contributed by atoms with E-state index in [1.807, 2.05) is 37.3 Å². The van der Waals surface area contributed by atoms with E-state index in [1.54, 1.807) is 0 Å². The van der Waals surface area contributed by atoms with Crippen LogP contribution in [0.25, 0.3) is 16.8 Å². The molecular weight excluding hydrogens is 401 g/mol. The second-order valence-electron chi connectivity index (χ2n) is 6.39. The third-order valence-electron chi connectivity index (χ3n) is 4.37. The summed E-state index contributed by atoms with van der Waals surface area (Å²) in [5.41, 5.74) is 2.37. The highest BCUT2D eigenvalue weighted by molar-refractivity contribution is 7.98. The molecule has 0 radical (unpaired) electrons. The van der Waals surface area contributed by atoms with Gasteiger partial charge in [0, 0.05) is 11.3 Å². The lowest BCUT2D eigenvalue weighted by molar-refractivity contribution is -0.137. The molecule has 5 nitrogen and oxygen atoms in total. The second kappa shape index (κ2) is 7.40. The van der Waals surface area contributed by atoms with Crippen LogP contribution in [0.5, 0.6) is 0 Å². The van der Waals surface area contributed by atoms with Gasteiger partial charge in [0.2, 0.25) is 0 Å². The molecule has 29 heavy (non-hydrogen) atoms. The highest BCUT2D eigenvalue weighted by atomic mass is 32.2. The highest BCUT2D eigenvalue weighted by Gasteiger charge is 2.29. The summed E-state index contributed by atoms with van der Waals surface area (Å²) < 4.78 is 39.3. The van der Waals surface area contributed by atoms with Crippen molar-refractivity contribution in [1.29, 1.82) is 0 Å². The predicted octanol–water partition coefficient (Wildman–Crippen LogP) is 4.70. The van der Waals surface area contributed by atoms with Crippen molar-refractivity contribution in [3.8, 4) is 11.1 Å². The molecule has 148 valence electrons. The normalized spacial score (nSPS) is 11.9. The van der Waals surface area contributed by atoms with E-state index in [-0.39, 0.29) is 0 Å². The SMILES string of the molecule is Cc1nn2c(=O)[nH]c(SCc3ccc(C(F)(F)F)cc3)nc2c1-c1ccccc1. The van der Waals surface area contributed by atoms with E-state index < -0.39 is 17.4 Å². The molecule has 0 aliphatic carbocycles. The number of halogens is 3. The van der Waals surface area contributed by atoms with Crippen LogP contribution >= 0.6 is 11.8 Å². The first-order valence-electron chi connectivity index (χ1n) is 8.67. The Morgan fingerprint density at radius 1 is 1.07 bits per heavy atom. The minimum absolute atomic E-state index is 0.366. The van der Waals surface area contributed by atoms with Gasteiger partial charge in [-0.3, -0.25) is 4.98 Å². The Morgan fingerprint density at radius 2 is 1.76 bits per heavy atom. The van der Waals surface area contributed by atoms with Crippen molar-refractivity contribution in [2.75, 3.05) is 0 Å². The fraction of sp³-hybridized carbons (Fsp3) is 0.150. The van der Waals surface area contributed by atoms with Crippen LogP contribution in [-0.4, -0.2) is 19.6 Å². The van der Waals surface area contributed by atoms with Gasteiger partial charge in [0.1, 0.15) is 0 Å². The molecule has 0 saturated heterocycles. The van der Waals surface area contributed by atoms with Crippen LogP contribution in [0.1, 0.15) is 16.8 Å². The van der Waals surface area contributed by atoms with E-state index in [9.17, 15) is 18.0 Å². The Morgan fingerprint density at radius 3 is 2.41 bits per heavy atom. The smallest absolute Gasteiger partial charge is 0.285 e. The first-order chi connectivity index (χ1) is 13.8. The summed E-state index contributed by atoms with van der Waals surface area (Å²) in [5, 5.41) is 4.65. The van der Waals surface area contributed by atoms with Crippen LogP contribution in [0, 0.1) is 6.92 Å². The molecule has 4 rings (SSSR count). The number of alkyl halides is 3. The maximum Gasteiger partial charge on any atom is 0.416 e. The molecular formula is C20H15F3N4OS. The van der Waals surface area contributed by atoms with Crippen LogP contribution in [-0.2, 0) is 11.9 Å². The van der Waals surface area contributed by atoms with Gasteiger partial charge in [0.05, 0.1) is 11.3 Å². The van der Waals surface area contributed by atoms with Gasteiger partial charge in [-0.05, 0) is 30.2 Å². The number of rotatable bonds is 4. The zero-order valence-electron chi connectivity index (χ0n) is 15.2. The van der Waals surface area contributed by atoms with Crippen molar-refractivity contribution >= 4 is 17.4 Å². The summed E-state index contributed by atoms with van der Waals surface area (Å²) >= 11 is 1.24. The fourth-order valence-electron chi connectivity index (χ4n) is 2.98. The van der Waals surface area contributed by atoms with Crippen LogP contribution in [0.15, 0.2) is 64.5 Å². The molecule has 2 aromatic heterocycles. The van der Waals surface area contributed by atoms with Crippen molar-refractivity contribution in [1.82, 2.24) is 19.6 Å². The van der Waals surface area contributed by atoms with Crippen LogP contribution in [0.2, 0.25) is 0 Å². The Hall–Kier alpha value is -3.07. The van der Waals surface area contributed by atoms with E-state index >= 15 is 0 Å². The zero-order chi connectivity index (χ0) is 20.6. The van der Waals surface area contributed by atoms with Gasteiger partial charge in [-0.2, -0.15) is 22.8 Å². The van der Waals surface area contributed by atoms with Crippen LogP contribution < -0.4 is 5.69 Å². The van der Waals surface area contributed by atoms with E-state index in [1.165, 1.54) is 28.4 Å². The molecule has 0 spiro atoms. The number of aromatic amines is 1. The van der Waals surface area contributed by atoms with E-state index in [0.717, 1.165) is 23.3 Å². The third kappa shape index (κ3) is 3.91. The number of benzene rings is 2. The van der Waals surface area contributed by atoms with Gasteiger partial charge < -0.3 is 0 Å². The minimum Gasteiger partial charge on any atom is -0.285 e. The molecule has 0 unspecified atom stereocenters. The quantitative estimate of drug-likeness (QED) is 0.490. The number of hydrogen-bond acceptors (Lipinski definition) is 4. The Kier molecular flexibility index (Phi) is 4.91. The number of aromatic nitrogens is 4. The van der Waals surface area contributed by atoms with Crippen LogP contribution in [0.3, 0.4) is 0 Å². The van der Waals surface area contributed by atoms with E-state index in [4.69, 9.17) is 0 Å². The summed E-state index contributed by atoms with van der Waals surface area (Å²) in [4.78, 5) is 19.6. The van der Waals surface area contributed by atoms with Gasteiger partial charge in [-0.1, -0.05) is 54.2 Å². The first-order valence-corrected chi connectivity index (χ1v) is 9.65. The third-order valence-corrected chi connectivity index (χ3v) is 5.31. The van der Waals surface area contributed by atoms with Gasteiger partial charge in [-0.15, -0.1) is 0 Å². The van der Waals surface area contributed by atoms with E-state index in [0.29, 0.717) is 27.8 Å². The fourth-order valence-corrected chi connectivity index (χ4v) is 3.79. The Balaban J connectivity index is 1.64. The van der Waals surface area contributed by atoms with Crippen molar-refractivity contribution < 1.29 is 13.2 Å².